The zero-order chi connectivity index (χ0) is 18.9. The number of benzene rings is 2. The summed E-state index contributed by atoms with van der Waals surface area (Å²) in [5.74, 6) is 0.0128. The molecule has 0 radical (unpaired) electrons. The largest absolute Gasteiger partial charge is 0.325 e. The minimum atomic E-state index is -3.72. The molecule has 2 aliphatic rings. The number of nitrogens with one attached hydrogen (secondary N) is 1. The summed E-state index contributed by atoms with van der Waals surface area (Å²) in [6, 6.07) is 16.9. The topological polar surface area (TPSA) is 66.5 Å². The summed E-state index contributed by atoms with van der Waals surface area (Å²) < 4.78 is 28.3. The Bertz CT molecular complexity index is 900. The van der Waals surface area contributed by atoms with Crippen LogP contribution in [0, 0.1) is 5.92 Å². The Hall–Kier alpha value is -2.18. The van der Waals surface area contributed by atoms with Gasteiger partial charge in [-0.05, 0) is 49.4 Å². The maximum atomic E-state index is 13.4. The summed E-state index contributed by atoms with van der Waals surface area (Å²) in [6.45, 7) is 0. The quantitative estimate of drug-likeness (QED) is 0.875. The van der Waals surface area contributed by atoms with E-state index in [1.807, 2.05) is 30.3 Å². The molecule has 6 heteroatoms. The lowest BCUT2D eigenvalue weighted by Gasteiger charge is -2.32. The maximum absolute atomic E-state index is 13.4. The zero-order valence-electron chi connectivity index (χ0n) is 15.1. The summed E-state index contributed by atoms with van der Waals surface area (Å²) in [7, 11) is -3.72. The molecule has 1 saturated carbocycles. The van der Waals surface area contributed by atoms with Gasteiger partial charge in [0.05, 0.1) is 4.90 Å². The van der Waals surface area contributed by atoms with Crippen molar-refractivity contribution in [3.63, 3.8) is 0 Å². The fourth-order valence-electron chi connectivity index (χ4n) is 4.45. The van der Waals surface area contributed by atoms with E-state index in [-0.39, 0.29) is 22.8 Å². The van der Waals surface area contributed by atoms with E-state index in [0.29, 0.717) is 12.1 Å². The van der Waals surface area contributed by atoms with Crippen LogP contribution in [-0.4, -0.2) is 30.7 Å². The molecule has 142 valence electrons. The molecule has 1 amide bonds. The number of sulfonamides is 1. The minimum absolute atomic E-state index is 0.0875. The van der Waals surface area contributed by atoms with Crippen molar-refractivity contribution in [1.29, 1.82) is 0 Å². The molecule has 0 aromatic heterocycles. The highest BCUT2D eigenvalue weighted by Crippen LogP contribution is 2.43. The Labute approximate surface area is 160 Å². The van der Waals surface area contributed by atoms with Crippen molar-refractivity contribution in [2.45, 2.75) is 49.1 Å². The number of nitrogens with zero attached hydrogens (tertiary/aromatic N) is 1. The molecule has 0 spiro atoms. The second kappa shape index (κ2) is 7.44. The molecule has 1 N–H and O–H groups in total. The molecule has 2 fully saturated rings. The van der Waals surface area contributed by atoms with Gasteiger partial charge >= 0.3 is 0 Å². The van der Waals surface area contributed by atoms with Gasteiger partial charge in [-0.1, -0.05) is 49.2 Å². The van der Waals surface area contributed by atoms with Gasteiger partial charge < -0.3 is 5.32 Å². The molecule has 2 aromatic carbocycles. The van der Waals surface area contributed by atoms with E-state index in [1.165, 1.54) is 4.31 Å². The predicted molar refractivity (Wildman–Crippen MR) is 105 cm³/mol. The number of rotatable bonds is 4. The highest BCUT2D eigenvalue weighted by molar-refractivity contribution is 7.89. The predicted octanol–water partition coefficient (Wildman–Crippen LogP) is 3.65. The number of para-hydroxylation sites is 1. The summed E-state index contributed by atoms with van der Waals surface area (Å²) >= 11 is 0. The van der Waals surface area contributed by atoms with Gasteiger partial charge in [-0.25, -0.2) is 8.42 Å². The van der Waals surface area contributed by atoms with Crippen LogP contribution in [0.5, 0.6) is 0 Å². The van der Waals surface area contributed by atoms with Gasteiger partial charge in [0.1, 0.15) is 6.04 Å². The first-order valence-corrected chi connectivity index (χ1v) is 11.0. The number of hydrogen-bond acceptors (Lipinski definition) is 3. The Morgan fingerprint density at radius 2 is 1.56 bits per heavy atom. The molecule has 5 nitrogen and oxygen atoms in total. The van der Waals surface area contributed by atoms with Crippen molar-refractivity contribution in [2.75, 3.05) is 5.32 Å². The van der Waals surface area contributed by atoms with E-state index < -0.39 is 16.1 Å². The molecule has 1 heterocycles. The number of amides is 1. The van der Waals surface area contributed by atoms with E-state index in [4.69, 9.17) is 0 Å². The first-order valence-electron chi connectivity index (χ1n) is 9.52. The minimum Gasteiger partial charge on any atom is -0.325 e. The van der Waals surface area contributed by atoms with Crippen LogP contribution in [0.2, 0.25) is 0 Å². The van der Waals surface area contributed by atoms with Crippen molar-refractivity contribution in [2.24, 2.45) is 5.92 Å². The number of hydrogen-bond donors (Lipinski definition) is 1. The van der Waals surface area contributed by atoms with Gasteiger partial charge in [0.25, 0.3) is 0 Å². The summed E-state index contributed by atoms with van der Waals surface area (Å²) in [6.07, 6.45) is 4.52. The SMILES string of the molecule is O=C(Nc1ccccc1)[C@@H]1C[C@@H]2CCCC[C@H]2N1S(=O)(=O)c1ccccc1. The van der Waals surface area contributed by atoms with Crippen LogP contribution in [0.1, 0.15) is 32.1 Å². The third-order valence-corrected chi connectivity index (χ3v) is 7.64. The van der Waals surface area contributed by atoms with Crippen LogP contribution in [0.15, 0.2) is 65.6 Å². The Morgan fingerprint density at radius 1 is 0.926 bits per heavy atom. The highest BCUT2D eigenvalue weighted by atomic mass is 32.2. The average Bonchev–Trinajstić information content (AvgIpc) is 3.10. The average molecular weight is 385 g/mol. The third kappa shape index (κ3) is 3.51. The molecule has 1 aliphatic heterocycles. The van der Waals surface area contributed by atoms with Crippen molar-refractivity contribution in [1.82, 2.24) is 4.31 Å². The van der Waals surface area contributed by atoms with Crippen LogP contribution in [0.25, 0.3) is 0 Å². The van der Waals surface area contributed by atoms with E-state index in [9.17, 15) is 13.2 Å². The number of carbonyl (C=O) groups is 1. The van der Waals surface area contributed by atoms with Gasteiger partial charge in [-0.15, -0.1) is 0 Å². The fourth-order valence-corrected chi connectivity index (χ4v) is 6.34. The molecule has 0 unspecified atom stereocenters. The van der Waals surface area contributed by atoms with Gasteiger partial charge in [0.15, 0.2) is 0 Å². The van der Waals surface area contributed by atoms with Crippen molar-refractivity contribution in [3.8, 4) is 0 Å². The molecule has 2 aromatic rings. The van der Waals surface area contributed by atoms with Crippen LogP contribution in [0.3, 0.4) is 0 Å². The van der Waals surface area contributed by atoms with E-state index in [1.54, 1.807) is 30.3 Å². The maximum Gasteiger partial charge on any atom is 0.244 e. The van der Waals surface area contributed by atoms with Crippen LogP contribution in [-0.2, 0) is 14.8 Å². The third-order valence-electron chi connectivity index (χ3n) is 5.69. The molecule has 4 rings (SSSR count). The Balaban J connectivity index is 1.67. The van der Waals surface area contributed by atoms with E-state index in [0.717, 1.165) is 25.7 Å². The van der Waals surface area contributed by atoms with Crippen LogP contribution in [0.4, 0.5) is 5.69 Å². The normalized spacial score (nSPS) is 25.7. The fraction of sp³-hybridized carbons (Fsp3) is 0.381. The second-order valence-electron chi connectivity index (χ2n) is 7.37. The summed E-state index contributed by atoms with van der Waals surface area (Å²) in [5.41, 5.74) is 0.689. The Morgan fingerprint density at radius 3 is 2.26 bits per heavy atom. The highest BCUT2D eigenvalue weighted by Gasteiger charge is 2.50. The van der Waals surface area contributed by atoms with Gasteiger partial charge in [0, 0.05) is 11.7 Å². The lowest BCUT2D eigenvalue weighted by molar-refractivity contribution is -0.119. The van der Waals surface area contributed by atoms with Crippen LogP contribution >= 0.6 is 0 Å². The number of carbonyl (C=O) groups excluding carboxylic acids is 1. The molecular weight excluding hydrogens is 360 g/mol. The van der Waals surface area contributed by atoms with E-state index in [2.05, 4.69) is 5.32 Å². The van der Waals surface area contributed by atoms with Crippen molar-refractivity contribution in [3.05, 3.63) is 60.7 Å². The van der Waals surface area contributed by atoms with Gasteiger partial charge in [0.2, 0.25) is 15.9 Å². The monoisotopic (exact) mass is 384 g/mol. The molecule has 3 atom stereocenters. The van der Waals surface area contributed by atoms with Gasteiger partial charge in [-0.2, -0.15) is 4.31 Å². The molecule has 1 aliphatic carbocycles. The number of fused-ring (bicyclic) bond motifs is 1. The zero-order valence-corrected chi connectivity index (χ0v) is 15.9. The first kappa shape index (κ1) is 18.2. The first-order chi connectivity index (χ1) is 13.1. The molecule has 0 bridgehead atoms. The molecule has 1 saturated heterocycles. The van der Waals surface area contributed by atoms with Crippen molar-refractivity contribution >= 4 is 21.6 Å². The summed E-state index contributed by atoms with van der Waals surface area (Å²) in [4.78, 5) is 13.3. The standard InChI is InChI=1S/C21H24N2O3S/c24-21(22-17-10-3-1-4-11-17)20-15-16-9-7-8-14-19(16)23(20)27(25,26)18-12-5-2-6-13-18/h1-6,10-13,16,19-20H,7-9,14-15H2,(H,22,24)/t16-,19+,20-/m0/s1. The van der Waals surface area contributed by atoms with E-state index >= 15 is 0 Å². The Kier molecular flexibility index (Phi) is 5.02. The van der Waals surface area contributed by atoms with Crippen molar-refractivity contribution < 1.29 is 13.2 Å². The lowest BCUT2D eigenvalue weighted by atomic mass is 9.85. The van der Waals surface area contributed by atoms with Gasteiger partial charge in [-0.3, -0.25) is 4.79 Å². The second-order valence-corrected chi connectivity index (χ2v) is 9.21. The summed E-state index contributed by atoms with van der Waals surface area (Å²) in [5, 5.41) is 2.90. The van der Waals surface area contributed by atoms with Crippen LogP contribution < -0.4 is 5.32 Å². The number of anilines is 1. The molecular formula is C21H24N2O3S. The molecule has 27 heavy (non-hydrogen) atoms. The lowest BCUT2D eigenvalue weighted by Crippen LogP contribution is -2.47. The smallest absolute Gasteiger partial charge is 0.244 e.